The average Bonchev–Trinajstić information content (AvgIpc) is 2.81. The molecule has 1 atom stereocenters. The molecule has 2 heterocycles. The molecule has 1 aliphatic heterocycles. The maximum absolute atomic E-state index is 12.8. The number of amides is 1. The summed E-state index contributed by atoms with van der Waals surface area (Å²) in [7, 11) is 0. The number of carbonyl (C=O) groups is 2. The number of rotatable bonds is 6. The molecule has 2 N–H and O–H groups in total. The summed E-state index contributed by atoms with van der Waals surface area (Å²) in [6, 6.07) is 18.7. The molecule has 0 unspecified atom stereocenters. The zero-order chi connectivity index (χ0) is 22.5. The van der Waals surface area contributed by atoms with Gasteiger partial charge in [0.05, 0.1) is 16.5 Å². The molecule has 1 fully saturated rings. The summed E-state index contributed by atoms with van der Waals surface area (Å²) >= 11 is 6.54. The average molecular weight is 450 g/mol. The number of hydrogen-bond donors (Lipinski definition) is 2. The quantitative estimate of drug-likeness (QED) is 0.556. The van der Waals surface area contributed by atoms with Crippen molar-refractivity contribution in [3.8, 4) is 11.1 Å². The maximum atomic E-state index is 12.8. The molecule has 0 saturated carbocycles. The first-order valence-electron chi connectivity index (χ1n) is 10.6. The van der Waals surface area contributed by atoms with E-state index in [1.807, 2.05) is 48.5 Å². The fraction of sp³-hybridized carbons (Fsp3) is 0.240. The third kappa shape index (κ3) is 5.15. The Morgan fingerprint density at radius 1 is 1.09 bits per heavy atom. The van der Waals surface area contributed by atoms with Gasteiger partial charge >= 0.3 is 5.97 Å². The van der Waals surface area contributed by atoms with Gasteiger partial charge in [-0.3, -0.25) is 14.5 Å². The van der Waals surface area contributed by atoms with Crippen LogP contribution in [0.1, 0.15) is 28.8 Å². The molecule has 0 spiro atoms. The second kappa shape index (κ2) is 9.94. The molecule has 32 heavy (non-hydrogen) atoms. The number of likely N-dealkylation sites (tertiary alicyclic amines) is 1. The molecular formula is C25H24ClN3O3. The fourth-order valence-electron chi connectivity index (χ4n) is 3.98. The molecule has 1 aliphatic rings. The van der Waals surface area contributed by atoms with Crippen LogP contribution < -0.4 is 5.32 Å². The Labute approximate surface area is 191 Å². The number of hydrogen-bond acceptors (Lipinski definition) is 4. The van der Waals surface area contributed by atoms with Gasteiger partial charge in [0.25, 0.3) is 5.91 Å². The number of benzene rings is 2. The van der Waals surface area contributed by atoms with Crippen molar-refractivity contribution >= 4 is 29.3 Å². The summed E-state index contributed by atoms with van der Waals surface area (Å²) in [5.41, 5.74) is 3.09. The van der Waals surface area contributed by atoms with Crippen LogP contribution in [-0.4, -0.2) is 40.0 Å². The fourth-order valence-corrected chi connectivity index (χ4v) is 4.30. The number of carboxylic acid groups (broad SMARTS) is 1. The second-order valence-electron chi connectivity index (χ2n) is 7.95. The predicted molar refractivity (Wildman–Crippen MR) is 125 cm³/mol. The number of aliphatic carboxylic acids is 1. The number of pyridine rings is 1. The topological polar surface area (TPSA) is 82.5 Å². The molecule has 1 amide bonds. The van der Waals surface area contributed by atoms with Crippen molar-refractivity contribution in [2.45, 2.75) is 19.4 Å². The minimum Gasteiger partial charge on any atom is -0.481 e. The normalized spacial score (nSPS) is 16.5. The summed E-state index contributed by atoms with van der Waals surface area (Å²) in [4.78, 5) is 30.6. The lowest BCUT2D eigenvalue weighted by Crippen LogP contribution is -2.38. The van der Waals surface area contributed by atoms with E-state index in [9.17, 15) is 14.7 Å². The van der Waals surface area contributed by atoms with Crippen LogP contribution in [0.2, 0.25) is 5.02 Å². The first-order chi connectivity index (χ1) is 15.5. The Bertz CT molecular complexity index is 1100. The summed E-state index contributed by atoms with van der Waals surface area (Å²) < 4.78 is 0. The van der Waals surface area contributed by atoms with Crippen molar-refractivity contribution in [3.05, 3.63) is 83.0 Å². The number of aromatic nitrogens is 1. The lowest BCUT2D eigenvalue weighted by atomic mass is 9.98. The lowest BCUT2D eigenvalue weighted by Gasteiger charge is -2.30. The van der Waals surface area contributed by atoms with Crippen molar-refractivity contribution in [1.29, 1.82) is 0 Å². The lowest BCUT2D eigenvalue weighted by molar-refractivity contribution is -0.143. The highest BCUT2D eigenvalue weighted by Crippen LogP contribution is 2.31. The molecule has 6 nitrogen and oxygen atoms in total. The van der Waals surface area contributed by atoms with Gasteiger partial charge in [0, 0.05) is 24.8 Å². The Morgan fingerprint density at radius 2 is 1.91 bits per heavy atom. The highest BCUT2D eigenvalue weighted by molar-refractivity contribution is 6.37. The Morgan fingerprint density at radius 3 is 2.62 bits per heavy atom. The van der Waals surface area contributed by atoms with Crippen molar-refractivity contribution in [1.82, 2.24) is 9.88 Å². The Kier molecular flexibility index (Phi) is 6.83. The van der Waals surface area contributed by atoms with Gasteiger partial charge in [-0.2, -0.15) is 0 Å². The standard InChI is InChI=1S/C25H24ClN3O3/c26-23-20(18-6-2-1-3-7-18)9-4-10-21(23)24(30)28-22-12-11-17(14-27-22)15-29-13-5-8-19(16-29)25(31)32/h1-4,6-7,9-12,14,19H,5,8,13,15-16H2,(H,31,32)(H,27,28,30)/t19-/m1/s1. The molecule has 4 rings (SSSR count). The van der Waals surface area contributed by atoms with Gasteiger partial charge in [-0.15, -0.1) is 0 Å². The second-order valence-corrected chi connectivity index (χ2v) is 8.33. The Hall–Kier alpha value is -3.22. The van der Waals surface area contributed by atoms with Crippen LogP contribution in [0, 0.1) is 5.92 Å². The van der Waals surface area contributed by atoms with Gasteiger partial charge in [0.15, 0.2) is 0 Å². The number of carboxylic acids is 1. The van der Waals surface area contributed by atoms with E-state index in [-0.39, 0.29) is 11.8 Å². The third-order valence-electron chi connectivity index (χ3n) is 5.66. The molecular weight excluding hydrogens is 426 g/mol. The van der Waals surface area contributed by atoms with E-state index in [4.69, 9.17) is 11.6 Å². The highest BCUT2D eigenvalue weighted by Gasteiger charge is 2.25. The minimum absolute atomic E-state index is 0.313. The zero-order valence-electron chi connectivity index (χ0n) is 17.5. The van der Waals surface area contributed by atoms with Crippen LogP contribution >= 0.6 is 11.6 Å². The van der Waals surface area contributed by atoms with Gasteiger partial charge in [-0.05, 0) is 42.6 Å². The first kappa shape index (κ1) is 22.0. The van der Waals surface area contributed by atoms with Crippen LogP contribution in [-0.2, 0) is 11.3 Å². The van der Waals surface area contributed by atoms with Gasteiger partial charge in [0.1, 0.15) is 5.82 Å². The van der Waals surface area contributed by atoms with Crippen LogP contribution in [0.4, 0.5) is 5.82 Å². The summed E-state index contributed by atoms with van der Waals surface area (Å²) in [6.07, 6.45) is 3.31. The van der Waals surface area contributed by atoms with Crippen LogP contribution in [0.15, 0.2) is 66.9 Å². The molecule has 1 saturated heterocycles. The summed E-state index contributed by atoms with van der Waals surface area (Å²) in [5.74, 6) is -0.942. The molecule has 164 valence electrons. The van der Waals surface area contributed by atoms with E-state index >= 15 is 0 Å². The SMILES string of the molecule is O=C(Nc1ccc(CN2CCC[C@@H](C(=O)O)C2)cn1)c1cccc(-c2ccccc2)c1Cl. The zero-order valence-corrected chi connectivity index (χ0v) is 18.3. The summed E-state index contributed by atoms with van der Waals surface area (Å²) in [5, 5.41) is 12.4. The number of halogens is 1. The molecule has 0 radical (unpaired) electrons. The number of carbonyl (C=O) groups excluding carboxylic acids is 1. The van der Waals surface area contributed by atoms with Crippen LogP contribution in [0.25, 0.3) is 11.1 Å². The van der Waals surface area contributed by atoms with Crippen molar-refractivity contribution in [2.24, 2.45) is 5.92 Å². The van der Waals surface area contributed by atoms with E-state index in [2.05, 4.69) is 15.2 Å². The van der Waals surface area contributed by atoms with Gasteiger partial charge in [-0.1, -0.05) is 60.1 Å². The largest absolute Gasteiger partial charge is 0.481 e. The van der Waals surface area contributed by atoms with Crippen molar-refractivity contribution in [2.75, 3.05) is 18.4 Å². The number of piperidine rings is 1. The molecule has 2 aromatic carbocycles. The Balaban J connectivity index is 1.42. The molecule has 0 bridgehead atoms. The highest BCUT2D eigenvalue weighted by atomic mass is 35.5. The molecule has 3 aromatic rings. The first-order valence-corrected chi connectivity index (χ1v) is 10.9. The predicted octanol–water partition coefficient (Wildman–Crippen LogP) is 4.95. The van der Waals surface area contributed by atoms with E-state index < -0.39 is 5.97 Å². The minimum atomic E-state index is -0.735. The molecule has 7 heteroatoms. The van der Waals surface area contributed by atoms with E-state index in [0.29, 0.717) is 29.5 Å². The van der Waals surface area contributed by atoms with E-state index in [1.165, 1.54) is 0 Å². The van der Waals surface area contributed by atoms with Crippen molar-refractivity contribution < 1.29 is 14.7 Å². The maximum Gasteiger partial charge on any atom is 0.307 e. The molecule has 0 aliphatic carbocycles. The van der Waals surface area contributed by atoms with Crippen LogP contribution in [0.3, 0.4) is 0 Å². The smallest absolute Gasteiger partial charge is 0.307 e. The van der Waals surface area contributed by atoms with Gasteiger partial charge < -0.3 is 10.4 Å². The summed E-state index contributed by atoms with van der Waals surface area (Å²) in [6.45, 7) is 2.05. The van der Waals surface area contributed by atoms with Gasteiger partial charge in [0.2, 0.25) is 0 Å². The van der Waals surface area contributed by atoms with E-state index in [1.54, 1.807) is 18.3 Å². The van der Waals surface area contributed by atoms with E-state index in [0.717, 1.165) is 36.1 Å². The third-order valence-corrected chi connectivity index (χ3v) is 6.06. The van der Waals surface area contributed by atoms with Crippen LogP contribution in [0.5, 0.6) is 0 Å². The monoisotopic (exact) mass is 449 g/mol. The number of nitrogens with one attached hydrogen (secondary N) is 1. The number of nitrogens with zero attached hydrogens (tertiary/aromatic N) is 2. The van der Waals surface area contributed by atoms with Crippen molar-refractivity contribution in [3.63, 3.8) is 0 Å². The number of anilines is 1. The van der Waals surface area contributed by atoms with Gasteiger partial charge in [-0.25, -0.2) is 4.98 Å². The molecule has 1 aromatic heterocycles.